The fraction of sp³-hybridized carbons (Fsp3) is 0.400. The quantitative estimate of drug-likeness (QED) is 0.861. The van der Waals surface area contributed by atoms with Crippen molar-refractivity contribution in [2.75, 3.05) is 13.2 Å². The van der Waals surface area contributed by atoms with Crippen LogP contribution in [0.15, 0.2) is 21.4 Å². The highest BCUT2D eigenvalue weighted by Gasteiger charge is 2.21. The first kappa shape index (κ1) is 13.8. The second-order valence-corrected chi connectivity index (χ2v) is 6.07. The smallest absolute Gasteiger partial charge is 0.192 e. The summed E-state index contributed by atoms with van der Waals surface area (Å²) in [6, 6.07) is 2.65. The van der Waals surface area contributed by atoms with Crippen LogP contribution in [0, 0.1) is 12.7 Å². The van der Waals surface area contributed by atoms with Gasteiger partial charge in [-0.3, -0.25) is 4.79 Å². The van der Waals surface area contributed by atoms with Crippen LogP contribution in [-0.2, 0) is 4.74 Å². The van der Waals surface area contributed by atoms with Gasteiger partial charge in [-0.2, -0.15) is 0 Å². The van der Waals surface area contributed by atoms with E-state index in [1.165, 1.54) is 12.1 Å². The molecule has 0 spiro atoms. The number of halogens is 2. The van der Waals surface area contributed by atoms with E-state index in [0.717, 1.165) is 25.1 Å². The van der Waals surface area contributed by atoms with Crippen molar-refractivity contribution >= 4 is 26.8 Å². The molecule has 0 saturated carbocycles. The van der Waals surface area contributed by atoms with Gasteiger partial charge in [0.15, 0.2) is 5.43 Å². The Kier molecular flexibility index (Phi) is 3.65. The van der Waals surface area contributed by atoms with Crippen molar-refractivity contribution in [3.63, 3.8) is 0 Å². The van der Waals surface area contributed by atoms with Crippen LogP contribution >= 0.6 is 15.9 Å². The monoisotopic (exact) mass is 339 g/mol. The van der Waals surface area contributed by atoms with Crippen molar-refractivity contribution in [3.05, 3.63) is 43.9 Å². The van der Waals surface area contributed by atoms with Crippen molar-refractivity contribution in [2.24, 2.45) is 0 Å². The third-order valence-corrected chi connectivity index (χ3v) is 4.50. The summed E-state index contributed by atoms with van der Waals surface area (Å²) in [5.74, 6) is -0.208. The molecule has 1 aromatic carbocycles. The van der Waals surface area contributed by atoms with Crippen molar-refractivity contribution in [1.29, 1.82) is 0 Å². The van der Waals surface area contributed by atoms with Crippen LogP contribution in [0.5, 0.6) is 0 Å². The average molecular weight is 340 g/mol. The highest BCUT2D eigenvalue weighted by Crippen LogP contribution is 2.29. The Balaban J connectivity index is 2.24. The summed E-state index contributed by atoms with van der Waals surface area (Å²) in [7, 11) is 0. The van der Waals surface area contributed by atoms with Crippen molar-refractivity contribution in [2.45, 2.75) is 25.7 Å². The molecule has 1 aliphatic rings. The number of benzene rings is 1. The Hall–Kier alpha value is -1.20. The van der Waals surface area contributed by atoms with Gasteiger partial charge in [-0.25, -0.2) is 4.39 Å². The number of hydrogen-bond donors (Lipinski definition) is 1. The zero-order chi connectivity index (χ0) is 14.3. The molecule has 106 valence electrons. The molecular formula is C15H15BrFNO2. The molecule has 0 amide bonds. The van der Waals surface area contributed by atoms with E-state index in [1.54, 1.807) is 6.92 Å². The number of aromatic nitrogens is 1. The number of H-pyrrole nitrogens is 1. The van der Waals surface area contributed by atoms with Gasteiger partial charge in [0.1, 0.15) is 5.82 Å². The molecule has 5 heteroatoms. The first-order chi connectivity index (χ1) is 9.58. The van der Waals surface area contributed by atoms with E-state index in [9.17, 15) is 9.18 Å². The van der Waals surface area contributed by atoms with Crippen LogP contribution < -0.4 is 5.43 Å². The third kappa shape index (κ3) is 2.29. The molecule has 1 saturated heterocycles. The predicted molar refractivity (Wildman–Crippen MR) is 79.8 cm³/mol. The van der Waals surface area contributed by atoms with E-state index in [2.05, 4.69) is 20.9 Å². The summed E-state index contributed by atoms with van der Waals surface area (Å²) < 4.78 is 19.5. The molecule has 3 nitrogen and oxygen atoms in total. The Morgan fingerprint density at radius 2 is 2.25 bits per heavy atom. The number of pyridine rings is 1. The highest BCUT2D eigenvalue weighted by molar-refractivity contribution is 9.10. The lowest BCUT2D eigenvalue weighted by Crippen LogP contribution is -2.21. The standard InChI is InChI=1S/C15H15BrFNO2/c1-8-13(9-3-2-4-20-7-9)18-14-11(15(8)19)5-10(17)6-12(14)16/h5-6,9H,2-4,7H2,1H3,(H,18,19). The van der Waals surface area contributed by atoms with Crippen LogP contribution in [0.2, 0.25) is 0 Å². The van der Waals surface area contributed by atoms with Gasteiger partial charge in [-0.1, -0.05) is 0 Å². The maximum atomic E-state index is 13.5. The molecular weight excluding hydrogens is 325 g/mol. The average Bonchev–Trinajstić information content (AvgIpc) is 2.44. The Morgan fingerprint density at radius 3 is 2.95 bits per heavy atom. The fourth-order valence-electron chi connectivity index (χ4n) is 2.81. The number of nitrogens with one attached hydrogen (secondary N) is 1. The number of fused-ring (bicyclic) bond motifs is 1. The molecule has 1 fully saturated rings. The third-order valence-electron chi connectivity index (χ3n) is 3.87. The maximum Gasteiger partial charge on any atom is 0.192 e. The minimum absolute atomic E-state index is 0.112. The Labute approximate surface area is 124 Å². The lowest BCUT2D eigenvalue weighted by atomic mass is 9.94. The van der Waals surface area contributed by atoms with Gasteiger partial charge >= 0.3 is 0 Å². The van der Waals surface area contributed by atoms with E-state index in [4.69, 9.17) is 4.74 Å². The van der Waals surface area contributed by atoms with Crippen molar-refractivity contribution in [3.8, 4) is 0 Å². The molecule has 2 heterocycles. The zero-order valence-electron chi connectivity index (χ0n) is 11.1. The van der Waals surface area contributed by atoms with Gasteiger partial charge in [0.05, 0.1) is 12.1 Å². The molecule has 1 aromatic heterocycles. The molecule has 1 atom stereocenters. The highest BCUT2D eigenvalue weighted by atomic mass is 79.9. The van der Waals surface area contributed by atoms with Crippen molar-refractivity contribution in [1.82, 2.24) is 4.98 Å². The first-order valence-corrected chi connectivity index (χ1v) is 7.46. The van der Waals surface area contributed by atoms with Crippen LogP contribution in [0.1, 0.15) is 30.0 Å². The molecule has 1 N–H and O–H groups in total. The van der Waals surface area contributed by atoms with E-state index in [-0.39, 0.29) is 11.3 Å². The van der Waals surface area contributed by atoms with Gasteiger partial charge < -0.3 is 9.72 Å². The minimum Gasteiger partial charge on any atom is -0.381 e. The van der Waals surface area contributed by atoms with E-state index < -0.39 is 5.82 Å². The zero-order valence-corrected chi connectivity index (χ0v) is 12.7. The topological polar surface area (TPSA) is 42.1 Å². The maximum absolute atomic E-state index is 13.5. The first-order valence-electron chi connectivity index (χ1n) is 6.67. The second-order valence-electron chi connectivity index (χ2n) is 5.22. The van der Waals surface area contributed by atoms with Gasteiger partial charge in [0, 0.05) is 33.6 Å². The van der Waals surface area contributed by atoms with Crippen LogP contribution in [0.25, 0.3) is 10.9 Å². The lowest BCUT2D eigenvalue weighted by Gasteiger charge is -2.24. The largest absolute Gasteiger partial charge is 0.381 e. The number of aromatic amines is 1. The normalized spacial score (nSPS) is 19.4. The predicted octanol–water partition coefficient (Wildman–Crippen LogP) is 3.63. The van der Waals surface area contributed by atoms with E-state index in [0.29, 0.717) is 27.5 Å². The van der Waals surface area contributed by atoms with Gasteiger partial charge in [0.2, 0.25) is 0 Å². The summed E-state index contributed by atoms with van der Waals surface area (Å²) in [4.78, 5) is 15.8. The minimum atomic E-state index is -0.414. The molecule has 0 bridgehead atoms. The van der Waals surface area contributed by atoms with Gasteiger partial charge in [0.25, 0.3) is 0 Å². The molecule has 0 aliphatic carbocycles. The molecule has 3 rings (SSSR count). The molecule has 20 heavy (non-hydrogen) atoms. The summed E-state index contributed by atoms with van der Waals surface area (Å²) in [5, 5.41) is 0.384. The van der Waals surface area contributed by atoms with Crippen LogP contribution in [0.4, 0.5) is 4.39 Å². The molecule has 1 aliphatic heterocycles. The molecule has 1 unspecified atom stereocenters. The fourth-order valence-corrected chi connectivity index (χ4v) is 3.34. The summed E-state index contributed by atoms with van der Waals surface area (Å²) >= 11 is 3.32. The Morgan fingerprint density at radius 1 is 1.45 bits per heavy atom. The van der Waals surface area contributed by atoms with Crippen LogP contribution in [-0.4, -0.2) is 18.2 Å². The number of rotatable bonds is 1. The summed E-state index contributed by atoms with van der Waals surface area (Å²) in [6.07, 6.45) is 2.00. The van der Waals surface area contributed by atoms with Crippen molar-refractivity contribution < 1.29 is 9.13 Å². The van der Waals surface area contributed by atoms with Crippen LogP contribution in [0.3, 0.4) is 0 Å². The molecule has 0 radical (unpaired) electrons. The SMILES string of the molecule is Cc1c(C2CCCOC2)[nH]c2c(Br)cc(F)cc2c1=O. The molecule has 2 aromatic rings. The lowest BCUT2D eigenvalue weighted by molar-refractivity contribution is 0.0792. The Bertz CT molecular complexity index is 720. The summed E-state index contributed by atoms with van der Waals surface area (Å²) in [6.45, 7) is 3.20. The van der Waals surface area contributed by atoms with Gasteiger partial charge in [-0.15, -0.1) is 0 Å². The number of hydrogen-bond acceptors (Lipinski definition) is 2. The summed E-state index contributed by atoms with van der Waals surface area (Å²) in [5.41, 5.74) is 2.11. The van der Waals surface area contributed by atoms with E-state index >= 15 is 0 Å². The second kappa shape index (κ2) is 5.30. The van der Waals surface area contributed by atoms with Gasteiger partial charge in [-0.05, 0) is 47.8 Å². The van der Waals surface area contributed by atoms with E-state index in [1.807, 2.05) is 0 Å². The number of ether oxygens (including phenoxy) is 1.